The molecule has 2 rings (SSSR count). The summed E-state index contributed by atoms with van der Waals surface area (Å²) in [5.41, 5.74) is 8.43. The van der Waals surface area contributed by atoms with Gasteiger partial charge in [-0.05, 0) is 36.2 Å². The van der Waals surface area contributed by atoms with E-state index in [0.717, 1.165) is 5.56 Å². The van der Waals surface area contributed by atoms with Crippen molar-refractivity contribution in [2.75, 3.05) is 5.73 Å². The van der Waals surface area contributed by atoms with Crippen LogP contribution in [0.2, 0.25) is 0 Å². The molecule has 0 fully saturated rings. The molecule has 0 aliphatic carbocycles. The van der Waals surface area contributed by atoms with E-state index < -0.39 is 5.97 Å². The highest BCUT2D eigenvalue weighted by molar-refractivity contribution is 5.95. The molecule has 0 bridgehead atoms. The molecular formula is C15H13N3O2. The first-order valence-corrected chi connectivity index (χ1v) is 5.99. The van der Waals surface area contributed by atoms with Gasteiger partial charge in [-0.1, -0.05) is 12.1 Å². The predicted molar refractivity (Wildman–Crippen MR) is 73.7 cm³/mol. The van der Waals surface area contributed by atoms with Crippen LogP contribution in [0, 0.1) is 18.3 Å². The van der Waals surface area contributed by atoms with E-state index >= 15 is 0 Å². The van der Waals surface area contributed by atoms with E-state index in [1.165, 1.54) is 6.20 Å². The van der Waals surface area contributed by atoms with Crippen molar-refractivity contribution in [1.82, 2.24) is 4.98 Å². The second-order valence-electron chi connectivity index (χ2n) is 4.27. The molecule has 0 spiro atoms. The number of para-hydroxylation sites is 1. The summed E-state index contributed by atoms with van der Waals surface area (Å²) in [4.78, 5) is 15.8. The minimum absolute atomic E-state index is 0.0728. The molecule has 0 aliphatic rings. The average Bonchev–Trinajstić information content (AvgIpc) is 2.48. The summed E-state index contributed by atoms with van der Waals surface area (Å²) in [6.45, 7) is 1.90. The standard InChI is InChI=1S/C15H13N3O2/c1-10-3-2-4-13(14(10)17)15(19)20-9-11-5-6-18-12(7-11)8-16/h2-7H,9,17H2,1H3. The third-order valence-corrected chi connectivity index (χ3v) is 2.85. The van der Waals surface area contributed by atoms with Crippen LogP contribution < -0.4 is 5.73 Å². The summed E-state index contributed by atoms with van der Waals surface area (Å²) in [7, 11) is 0. The zero-order chi connectivity index (χ0) is 14.5. The molecule has 1 heterocycles. The quantitative estimate of drug-likeness (QED) is 0.680. The third-order valence-electron chi connectivity index (χ3n) is 2.85. The van der Waals surface area contributed by atoms with Gasteiger partial charge in [-0.3, -0.25) is 0 Å². The third kappa shape index (κ3) is 2.93. The molecule has 0 aliphatic heterocycles. The average molecular weight is 267 g/mol. The number of hydrogen-bond donors (Lipinski definition) is 1. The molecule has 0 amide bonds. The maximum absolute atomic E-state index is 12.0. The molecule has 0 saturated heterocycles. The van der Waals surface area contributed by atoms with Gasteiger partial charge in [0.25, 0.3) is 0 Å². The number of benzene rings is 1. The normalized spacial score (nSPS) is 9.80. The first-order valence-electron chi connectivity index (χ1n) is 5.99. The van der Waals surface area contributed by atoms with Gasteiger partial charge in [-0.25, -0.2) is 9.78 Å². The van der Waals surface area contributed by atoms with Crippen molar-refractivity contribution in [3.63, 3.8) is 0 Å². The van der Waals surface area contributed by atoms with Gasteiger partial charge in [-0.2, -0.15) is 5.26 Å². The Labute approximate surface area is 116 Å². The van der Waals surface area contributed by atoms with Crippen molar-refractivity contribution >= 4 is 11.7 Å². The van der Waals surface area contributed by atoms with Gasteiger partial charge in [-0.15, -0.1) is 0 Å². The van der Waals surface area contributed by atoms with Crippen molar-refractivity contribution in [3.05, 3.63) is 58.9 Å². The van der Waals surface area contributed by atoms with Gasteiger partial charge in [0, 0.05) is 11.9 Å². The number of nitrogen functional groups attached to an aromatic ring is 1. The maximum atomic E-state index is 12.0. The van der Waals surface area contributed by atoms with Crippen LogP contribution in [-0.4, -0.2) is 11.0 Å². The van der Waals surface area contributed by atoms with E-state index in [2.05, 4.69) is 4.98 Å². The van der Waals surface area contributed by atoms with Crippen molar-refractivity contribution < 1.29 is 9.53 Å². The van der Waals surface area contributed by atoms with Crippen molar-refractivity contribution in [3.8, 4) is 6.07 Å². The Hall–Kier alpha value is -2.87. The van der Waals surface area contributed by atoms with E-state index in [-0.39, 0.29) is 12.3 Å². The lowest BCUT2D eigenvalue weighted by molar-refractivity contribution is 0.0474. The molecular weight excluding hydrogens is 254 g/mol. The maximum Gasteiger partial charge on any atom is 0.340 e. The summed E-state index contributed by atoms with van der Waals surface area (Å²) in [5, 5.41) is 8.75. The molecule has 5 heteroatoms. The molecule has 5 nitrogen and oxygen atoms in total. The number of aryl methyl sites for hydroxylation is 1. The molecule has 2 N–H and O–H groups in total. The minimum atomic E-state index is -0.485. The van der Waals surface area contributed by atoms with E-state index in [1.54, 1.807) is 24.3 Å². The number of carbonyl (C=O) groups is 1. The van der Waals surface area contributed by atoms with Gasteiger partial charge >= 0.3 is 5.97 Å². The number of ether oxygens (including phenoxy) is 1. The Bertz CT molecular complexity index is 690. The van der Waals surface area contributed by atoms with E-state index in [1.807, 2.05) is 19.1 Å². The molecule has 0 saturated carbocycles. The van der Waals surface area contributed by atoms with Gasteiger partial charge in [0.05, 0.1) is 5.56 Å². The summed E-state index contributed by atoms with van der Waals surface area (Å²) in [6.07, 6.45) is 1.50. The van der Waals surface area contributed by atoms with Gasteiger partial charge in [0.2, 0.25) is 0 Å². The van der Waals surface area contributed by atoms with E-state index in [4.69, 9.17) is 15.7 Å². The largest absolute Gasteiger partial charge is 0.457 e. The lowest BCUT2D eigenvalue weighted by atomic mass is 10.1. The molecule has 2 aromatic rings. The molecule has 0 unspecified atom stereocenters. The lowest BCUT2D eigenvalue weighted by Gasteiger charge is -2.08. The fraction of sp³-hybridized carbons (Fsp3) is 0.133. The molecule has 0 atom stereocenters. The number of aromatic nitrogens is 1. The number of nitrogens with two attached hydrogens (primary N) is 1. The zero-order valence-corrected chi connectivity index (χ0v) is 11.0. The van der Waals surface area contributed by atoms with Crippen LogP contribution in [0.5, 0.6) is 0 Å². The molecule has 0 radical (unpaired) electrons. The van der Waals surface area contributed by atoms with Crippen LogP contribution in [0.1, 0.15) is 27.2 Å². The SMILES string of the molecule is Cc1cccc(C(=O)OCc2ccnc(C#N)c2)c1N. The van der Waals surface area contributed by atoms with Crippen LogP contribution in [0.25, 0.3) is 0 Å². The summed E-state index contributed by atoms with van der Waals surface area (Å²) in [6, 6.07) is 10.4. The van der Waals surface area contributed by atoms with Crippen LogP contribution in [-0.2, 0) is 11.3 Å². The number of esters is 1. The molecule has 100 valence electrons. The Kier molecular flexibility index (Phi) is 3.96. The Morgan fingerprint density at radius 2 is 2.25 bits per heavy atom. The van der Waals surface area contributed by atoms with Gasteiger partial charge in [0.15, 0.2) is 0 Å². The highest BCUT2D eigenvalue weighted by Gasteiger charge is 2.12. The van der Waals surface area contributed by atoms with Gasteiger partial charge in [0.1, 0.15) is 18.4 Å². The Balaban J connectivity index is 2.09. The summed E-state index contributed by atoms with van der Waals surface area (Å²) < 4.78 is 5.19. The van der Waals surface area contributed by atoms with Crippen LogP contribution in [0.4, 0.5) is 5.69 Å². The fourth-order valence-electron chi connectivity index (χ4n) is 1.71. The van der Waals surface area contributed by atoms with Crippen LogP contribution in [0.15, 0.2) is 36.5 Å². The number of nitriles is 1. The lowest BCUT2D eigenvalue weighted by Crippen LogP contribution is -2.09. The summed E-state index contributed by atoms with van der Waals surface area (Å²) >= 11 is 0. The first-order chi connectivity index (χ1) is 9.61. The smallest absolute Gasteiger partial charge is 0.340 e. The molecule has 1 aromatic carbocycles. The topological polar surface area (TPSA) is 89.0 Å². The van der Waals surface area contributed by atoms with Crippen molar-refractivity contribution in [2.24, 2.45) is 0 Å². The van der Waals surface area contributed by atoms with Crippen molar-refractivity contribution in [2.45, 2.75) is 13.5 Å². The monoisotopic (exact) mass is 267 g/mol. The number of pyridine rings is 1. The van der Waals surface area contributed by atoms with Crippen LogP contribution >= 0.6 is 0 Å². The van der Waals surface area contributed by atoms with E-state index in [9.17, 15) is 4.79 Å². The van der Waals surface area contributed by atoms with Crippen molar-refractivity contribution in [1.29, 1.82) is 5.26 Å². The highest BCUT2D eigenvalue weighted by Crippen LogP contribution is 2.18. The predicted octanol–water partition coefficient (Wildman–Crippen LogP) is 2.20. The first kappa shape index (κ1) is 13.6. The zero-order valence-electron chi connectivity index (χ0n) is 11.0. The number of nitrogens with zero attached hydrogens (tertiary/aromatic N) is 2. The number of rotatable bonds is 3. The molecule has 1 aromatic heterocycles. The number of carbonyl (C=O) groups excluding carboxylic acids is 1. The van der Waals surface area contributed by atoms with Crippen LogP contribution in [0.3, 0.4) is 0 Å². The summed E-state index contributed by atoms with van der Waals surface area (Å²) in [5.74, 6) is -0.485. The second-order valence-corrected chi connectivity index (χ2v) is 4.27. The fourth-order valence-corrected chi connectivity index (χ4v) is 1.71. The second kappa shape index (κ2) is 5.85. The number of hydrogen-bond acceptors (Lipinski definition) is 5. The minimum Gasteiger partial charge on any atom is -0.457 e. The Morgan fingerprint density at radius 1 is 1.45 bits per heavy atom. The highest BCUT2D eigenvalue weighted by atomic mass is 16.5. The Morgan fingerprint density at radius 3 is 3.00 bits per heavy atom. The van der Waals surface area contributed by atoms with E-state index in [0.29, 0.717) is 16.8 Å². The number of anilines is 1. The molecule has 20 heavy (non-hydrogen) atoms. The van der Waals surface area contributed by atoms with Gasteiger partial charge < -0.3 is 10.5 Å².